The predicted molar refractivity (Wildman–Crippen MR) is 151 cm³/mol. The highest BCUT2D eigenvalue weighted by molar-refractivity contribution is 6.23. The minimum Gasteiger partial charge on any atom is -0.423 e. The number of fused-ring (bicyclic) bond motifs is 1. The molecule has 5 aromatic carbocycles. The zero-order valence-corrected chi connectivity index (χ0v) is 21.4. The first-order valence-electron chi connectivity index (χ1n) is 13.5. The van der Waals surface area contributed by atoms with E-state index in [0.29, 0.717) is 11.4 Å². The van der Waals surface area contributed by atoms with Gasteiger partial charge in [-0.2, -0.15) is 0 Å². The van der Waals surface area contributed by atoms with Crippen molar-refractivity contribution in [3.63, 3.8) is 0 Å². The third kappa shape index (κ3) is 3.18. The Labute approximate surface area is 230 Å². The summed E-state index contributed by atoms with van der Waals surface area (Å²) in [6.45, 7) is 0. The third-order valence-electron chi connectivity index (χ3n) is 8.72. The van der Waals surface area contributed by atoms with Gasteiger partial charge >= 0.3 is 5.97 Å². The minimum absolute atomic E-state index is 0.176. The highest BCUT2D eigenvalue weighted by Crippen LogP contribution is 2.61. The number of hydrogen-bond acceptors (Lipinski definition) is 4. The number of ether oxygens (including phenoxy) is 1. The summed E-state index contributed by atoms with van der Waals surface area (Å²) in [4.78, 5) is 42.5. The van der Waals surface area contributed by atoms with Crippen molar-refractivity contribution in [3.05, 3.63) is 143 Å². The summed E-state index contributed by atoms with van der Waals surface area (Å²) in [6.07, 6.45) is 0. The van der Waals surface area contributed by atoms with E-state index < -0.39 is 17.8 Å². The van der Waals surface area contributed by atoms with Gasteiger partial charge in [-0.05, 0) is 63.4 Å². The maximum absolute atomic E-state index is 14.0. The fourth-order valence-corrected chi connectivity index (χ4v) is 7.10. The molecule has 5 nitrogen and oxygen atoms in total. The van der Waals surface area contributed by atoms with Crippen LogP contribution in [0.2, 0.25) is 0 Å². The molecule has 0 N–H and O–H groups in total. The van der Waals surface area contributed by atoms with Crippen LogP contribution in [0.3, 0.4) is 0 Å². The van der Waals surface area contributed by atoms with Gasteiger partial charge in [0.25, 0.3) is 0 Å². The zero-order valence-electron chi connectivity index (χ0n) is 21.4. The Hall–Kier alpha value is -5.03. The van der Waals surface area contributed by atoms with E-state index in [0.717, 1.165) is 33.0 Å². The van der Waals surface area contributed by atoms with Gasteiger partial charge in [0.05, 0.1) is 23.1 Å². The van der Waals surface area contributed by atoms with Gasteiger partial charge in [-0.3, -0.25) is 9.59 Å². The maximum Gasteiger partial charge on any atom is 0.343 e. The molecule has 2 bridgehead atoms. The summed E-state index contributed by atoms with van der Waals surface area (Å²) in [5.74, 6) is -1.85. The van der Waals surface area contributed by atoms with Crippen LogP contribution < -0.4 is 9.64 Å². The number of anilines is 1. The number of imide groups is 1. The first kappa shape index (κ1) is 22.9. The summed E-state index contributed by atoms with van der Waals surface area (Å²) in [5, 5.41) is 2.02. The lowest BCUT2D eigenvalue weighted by atomic mass is 9.55. The molecule has 0 unspecified atom stereocenters. The van der Waals surface area contributed by atoms with Crippen LogP contribution in [0.1, 0.15) is 44.4 Å². The van der Waals surface area contributed by atoms with Crippen molar-refractivity contribution in [1.82, 2.24) is 0 Å². The van der Waals surface area contributed by atoms with E-state index in [1.54, 1.807) is 30.3 Å². The number of benzene rings is 5. The van der Waals surface area contributed by atoms with Gasteiger partial charge in [0.1, 0.15) is 5.75 Å². The molecule has 2 amide bonds. The van der Waals surface area contributed by atoms with E-state index >= 15 is 0 Å². The smallest absolute Gasteiger partial charge is 0.343 e. The first-order valence-corrected chi connectivity index (χ1v) is 13.5. The van der Waals surface area contributed by atoms with Gasteiger partial charge in [-0.25, -0.2) is 9.69 Å². The van der Waals surface area contributed by atoms with Gasteiger partial charge in [-0.15, -0.1) is 0 Å². The van der Waals surface area contributed by atoms with E-state index in [4.69, 9.17) is 4.74 Å². The van der Waals surface area contributed by atoms with E-state index in [1.165, 1.54) is 4.90 Å². The first-order chi connectivity index (χ1) is 19.6. The molecule has 5 aromatic rings. The monoisotopic (exact) mass is 521 g/mol. The van der Waals surface area contributed by atoms with E-state index in [-0.39, 0.29) is 29.2 Å². The molecule has 0 radical (unpaired) electrons. The van der Waals surface area contributed by atoms with Gasteiger partial charge < -0.3 is 4.74 Å². The molecule has 192 valence electrons. The Morgan fingerprint density at radius 1 is 0.575 bits per heavy atom. The second-order valence-corrected chi connectivity index (χ2v) is 10.7. The lowest BCUT2D eigenvalue weighted by Gasteiger charge is -2.45. The predicted octanol–water partition coefficient (Wildman–Crippen LogP) is 6.46. The highest BCUT2D eigenvalue weighted by atomic mass is 16.5. The third-order valence-corrected chi connectivity index (χ3v) is 8.72. The Morgan fingerprint density at radius 3 is 1.73 bits per heavy atom. The minimum atomic E-state index is -0.548. The average Bonchev–Trinajstić information content (AvgIpc) is 3.27. The van der Waals surface area contributed by atoms with Crippen molar-refractivity contribution in [1.29, 1.82) is 0 Å². The van der Waals surface area contributed by atoms with Gasteiger partial charge in [0.15, 0.2) is 0 Å². The van der Waals surface area contributed by atoms with Crippen molar-refractivity contribution in [2.24, 2.45) is 11.8 Å². The van der Waals surface area contributed by atoms with Gasteiger partial charge in [0, 0.05) is 11.8 Å². The molecule has 1 aliphatic heterocycles. The zero-order chi connectivity index (χ0) is 27.0. The van der Waals surface area contributed by atoms with Crippen molar-refractivity contribution in [2.75, 3.05) is 4.90 Å². The SMILES string of the molecule is O=C(Oc1ccc2ccccc2c1)c1cccc(N2C(=O)[C@@H]3C4c5ccccc5C(c5ccccc54)[C@H]3C2=O)c1. The number of rotatable bonds is 3. The summed E-state index contributed by atoms with van der Waals surface area (Å²) in [5.41, 5.74) is 5.18. The molecular formula is C35H23NO4. The fourth-order valence-electron chi connectivity index (χ4n) is 7.10. The number of esters is 1. The average molecular weight is 522 g/mol. The molecule has 3 aliphatic carbocycles. The Balaban J connectivity index is 1.14. The highest BCUT2D eigenvalue weighted by Gasteiger charge is 2.61. The number of carbonyl (C=O) groups is 3. The van der Waals surface area contributed by atoms with Crippen molar-refractivity contribution >= 4 is 34.2 Å². The standard InChI is InChI=1S/C35H23NO4/c37-33-31-29-25-12-3-4-13-26(25)30(28-15-6-5-14-27(28)29)32(31)34(38)36(33)23-11-7-10-22(18-23)35(39)40-24-17-16-20-8-1-2-9-21(20)19-24/h1-19,29-32H/t29?,30?,31-,32-/m1/s1. The fraction of sp³-hybridized carbons (Fsp3) is 0.114. The molecule has 1 heterocycles. The van der Waals surface area contributed by atoms with Crippen LogP contribution in [0.4, 0.5) is 5.69 Å². The molecule has 40 heavy (non-hydrogen) atoms. The Morgan fingerprint density at radius 2 is 1.12 bits per heavy atom. The second-order valence-electron chi connectivity index (χ2n) is 10.7. The van der Waals surface area contributed by atoms with E-state index in [9.17, 15) is 14.4 Å². The van der Waals surface area contributed by atoms with Crippen LogP contribution in [0.5, 0.6) is 5.75 Å². The molecule has 4 aliphatic rings. The molecule has 0 aromatic heterocycles. The largest absolute Gasteiger partial charge is 0.423 e. The maximum atomic E-state index is 14.0. The number of nitrogens with zero attached hydrogens (tertiary/aromatic N) is 1. The Bertz CT molecular complexity index is 1780. The molecule has 9 rings (SSSR count). The molecule has 1 fully saturated rings. The normalized spacial score (nSPS) is 22.1. The van der Waals surface area contributed by atoms with E-state index in [1.807, 2.05) is 60.7 Å². The van der Waals surface area contributed by atoms with Crippen molar-refractivity contribution in [3.8, 4) is 5.75 Å². The van der Waals surface area contributed by atoms with Crippen molar-refractivity contribution < 1.29 is 19.1 Å². The molecule has 0 saturated carbocycles. The topological polar surface area (TPSA) is 63.7 Å². The molecule has 2 atom stereocenters. The van der Waals surface area contributed by atoms with Gasteiger partial charge in [-0.1, -0.05) is 84.9 Å². The lowest BCUT2D eigenvalue weighted by Crippen LogP contribution is -2.41. The summed E-state index contributed by atoms with van der Waals surface area (Å²) >= 11 is 0. The van der Waals surface area contributed by atoms with Crippen LogP contribution in [-0.4, -0.2) is 17.8 Å². The molecule has 1 saturated heterocycles. The summed E-state index contributed by atoms with van der Waals surface area (Å²) in [7, 11) is 0. The molecule has 5 heteroatoms. The quantitative estimate of drug-likeness (QED) is 0.155. The molecular weight excluding hydrogens is 498 g/mol. The lowest BCUT2D eigenvalue weighted by molar-refractivity contribution is -0.122. The van der Waals surface area contributed by atoms with Crippen molar-refractivity contribution in [2.45, 2.75) is 11.8 Å². The summed E-state index contributed by atoms with van der Waals surface area (Å²) < 4.78 is 5.68. The Kier molecular flexibility index (Phi) is 4.86. The molecule has 0 spiro atoms. The van der Waals surface area contributed by atoms with Crippen LogP contribution in [-0.2, 0) is 9.59 Å². The van der Waals surface area contributed by atoms with Crippen LogP contribution in [0.15, 0.2) is 115 Å². The van der Waals surface area contributed by atoms with Gasteiger partial charge in [0.2, 0.25) is 11.8 Å². The van der Waals surface area contributed by atoms with Crippen LogP contribution in [0, 0.1) is 11.8 Å². The van der Waals surface area contributed by atoms with Crippen LogP contribution in [0.25, 0.3) is 10.8 Å². The number of carbonyl (C=O) groups excluding carboxylic acids is 3. The van der Waals surface area contributed by atoms with Crippen LogP contribution >= 0.6 is 0 Å². The summed E-state index contributed by atoms with van der Waals surface area (Å²) in [6, 6.07) is 36.3. The number of amides is 2. The second kappa shape index (κ2) is 8.48. The number of hydrogen-bond donors (Lipinski definition) is 0. The van der Waals surface area contributed by atoms with E-state index in [2.05, 4.69) is 24.3 Å².